The smallest absolute Gasteiger partial charge is 0.224 e. The number of hydrogen-bond donors (Lipinski definition) is 3. The van der Waals surface area contributed by atoms with Gasteiger partial charge in [0, 0.05) is 32.3 Å². The number of para-hydroxylation sites is 2. The normalized spacial score (nSPS) is 17.3. The Morgan fingerprint density at radius 1 is 1.24 bits per heavy atom. The van der Waals surface area contributed by atoms with E-state index in [1.807, 2.05) is 30.3 Å². The van der Waals surface area contributed by atoms with Crippen molar-refractivity contribution in [3.05, 3.63) is 42.4 Å². The molecule has 0 bridgehead atoms. The van der Waals surface area contributed by atoms with Gasteiger partial charge >= 0.3 is 0 Å². The highest BCUT2D eigenvalue weighted by Crippen LogP contribution is 2.18. The fraction of sp³-hybridized carbons (Fsp3) is 0.389. The molecule has 3 N–H and O–H groups in total. The zero-order chi connectivity index (χ0) is 17.1. The molecular weight excluding hydrogens is 316 g/mol. The van der Waals surface area contributed by atoms with Gasteiger partial charge in [0.15, 0.2) is 0 Å². The molecule has 0 radical (unpaired) electrons. The van der Waals surface area contributed by atoms with Crippen LogP contribution in [0.15, 0.2) is 36.5 Å². The van der Waals surface area contributed by atoms with Crippen LogP contribution < -0.4 is 10.2 Å². The van der Waals surface area contributed by atoms with E-state index < -0.39 is 0 Å². The molecule has 1 atom stereocenters. The second kappa shape index (κ2) is 7.06. The maximum absolute atomic E-state index is 9.65. The van der Waals surface area contributed by atoms with E-state index in [1.165, 1.54) is 0 Å². The van der Waals surface area contributed by atoms with Crippen LogP contribution in [0.5, 0.6) is 0 Å². The number of nitrogens with one attached hydrogen (secondary N) is 2. The van der Waals surface area contributed by atoms with Crippen LogP contribution in [0.25, 0.3) is 11.0 Å². The maximum atomic E-state index is 9.65. The minimum Gasteiger partial charge on any atom is -0.391 e. The zero-order valence-corrected chi connectivity index (χ0v) is 14.0. The number of aliphatic hydroxyl groups excluding tert-OH is 1. The summed E-state index contributed by atoms with van der Waals surface area (Å²) in [6.45, 7) is 2.26. The third kappa shape index (κ3) is 3.71. The van der Waals surface area contributed by atoms with Crippen molar-refractivity contribution in [2.45, 2.75) is 25.4 Å². The number of aliphatic hydroxyl groups is 1. The molecule has 1 aliphatic heterocycles. The quantitative estimate of drug-likeness (QED) is 0.595. The summed E-state index contributed by atoms with van der Waals surface area (Å²) in [5, 5.41) is 12.9. The van der Waals surface area contributed by atoms with E-state index in [0.29, 0.717) is 12.5 Å². The minimum absolute atomic E-state index is 0.254. The second-order valence-electron chi connectivity index (χ2n) is 6.36. The van der Waals surface area contributed by atoms with Gasteiger partial charge in [-0.05, 0) is 31.0 Å². The van der Waals surface area contributed by atoms with Crippen molar-refractivity contribution in [3.8, 4) is 0 Å². The average Bonchev–Trinajstić information content (AvgIpc) is 3.25. The van der Waals surface area contributed by atoms with Crippen LogP contribution in [-0.4, -0.2) is 50.8 Å². The Labute approximate surface area is 146 Å². The number of hydrogen-bond acceptors (Lipinski definition) is 6. The molecule has 1 aliphatic rings. The van der Waals surface area contributed by atoms with Crippen molar-refractivity contribution in [1.82, 2.24) is 19.9 Å². The second-order valence-corrected chi connectivity index (χ2v) is 6.36. The first-order valence-electron chi connectivity index (χ1n) is 8.71. The number of fused-ring (bicyclic) bond motifs is 1. The summed E-state index contributed by atoms with van der Waals surface area (Å²) >= 11 is 0. The molecular formula is C18H22N6O. The number of β-amino-alcohol motifs (C(OH)–C–C–N with tert-alkyl or cyclic N) is 1. The van der Waals surface area contributed by atoms with E-state index in [4.69, 9.17) is 0 Å². The van der Waals surface area contributed by atoms with E-state index in [2.05, 4.69) is 30.2 Å². The number of aryl methyl sites for hydroxylation is 1. The molecule has 7 nitrogen and oxygen atoms in total. The van der Waals surface area contributed by atoms with Crippen molar-refractivity contribution in [2.24, 2.45) is 0 Å². The van der Waals surface area contributed by atoms with E-state index in [9.17, 15) is 5.11 Å². The number of anilines is 2. The number of H-pyrrole nitrogens is 1. The van der Waals surface area contributed by atoms with Crippen LogP contribution in [-0.2, 0) is 6.42 Å². The molecule has 2 aromatic heterocycles. The average molecular weight is 338 g/mol. The van der Waals surface area contributed by atoms with Gasteiger partial charge in [0.05, 0.1) is 17.1 Å². The summed E-state index contributed by atoms with van der Waals surface area (Å²) in [6.07, 6.45) is 4.11. The largest absolute Gasteiger partial charge is 0.391 e. The van der Waals surface area contributed by atoms with Crippen molar-refractivity contribution in [3.63, 3.8) is 0 Å². The molecule has 1 fully saturated rings. The van der Waals surface area contributed by atoms with Crippen LogP contribution in [0, 0.1) is 0 Å². The molecule has 0 amide bonds. The predicted octanol–water partition coefficient (Wildman–Crippen LogP) is 1.97. The third-order valence-corrected chi connectivity index (χ3v) is 4.44. The first-order chi connectivity index (χ1) is 12.3. The highest BCUT2D eigenvalue weighted by molar-refractivity contribution is 5.74. The molecule has 1 saturated heterocycles. The summed E-state index contributed by atoms with van der Waals surface area (Å²) in [4.78, 5) is 18.8. The first-order valence-corrected chi connectivity index (χ1v) is 8.71. The zero-order valence-electron chi connectivity index (χ0n) is 14.0. The SMILES string of the molecule is OC1CCN(c2ccnc(NCCCc3nc4ccccc4[nH]3)n2)C1. The number of benzene rings is 1. The molecule has 4 rings (SSSR count). The lowest BCUT2D eigenvalue weighted by atomic mass is 10.3. The number of aromatic nitrogens is 4. The fourth-order valence-corrected chi connectivity index (χ4v) is 3.14. The molecule has 7 heteroatoms. The van der Waals surface area contributed by atoms with Gasteiger partial charge in [-0.15, -0.1) is 0 Å². The maximum Gasteiger partial charge on any atom is 0.224 e. The lowest BCUT2D eigenvalue weighted by molar-refractivity contribution is 0.198. The van der Waals surface area contributed by atoms with E-state index >= 15 is 0 Å². The van der Waals surface area contributed by atoms with Crippen LogP contribution in [0.1, 0.15) is 18.7 Å². The van der Waals surface area contributed by atoms with E-state index in [0.717, 1.165) is 55.0 Å². The fourth-order valence-electron chi connectivity index (χ4n) is 3.14. The summed E-state index contributed by atoms with van der Waals surface area (Å²) < 4.78 is 0. The molecule has 3 heterocycles. The van der Waals surface area contributed by atoms with Crippen molar-refractivity contribution >= 4 is 22.8 Å². The van der Waals surface area contributed by atoms with Gasteiger partial charge in [-0.25, -0.2) is 9.97 Å². The number of imidazole rings is 1. The molecule has 25 heavy (non-hydrogen) atoms. The topological polar surface area (TPSA) is 90.0 Å². The molecule has 130 valence electrons. The Kier molecular flexibility index (Phi) is 4.47. The molecule has 1 unspecified atom stereocenters. The van der Waals surface area contributed by atoms with Crippen molar-refractivity contribution < 1.29 is 5.11 Å². The number of rotatable bonds is 6. The molecule has 0 saturated carbocycles. The van der Waals surface area contributed by atoms with Gasteiger partial charge in [0.25, 0.3) is 0 Å². The van der Waals surface area contributed by atoms with Crippen molar-refractivity contribution in [2.75, 3.05) is 29.9 Å². The Morgan fingerprint density at radius 2 is 2.16 bits per heavy atom. The third-order valence-electron chi connectivity index (χ3n) is 4.44. The molecule has 1 aromatic carbocycles. The Hall–Kier alpha value is -2.67. The van der Waals surface area contributed by atoms with Crippen molar-refractivity contribution in [1.29, 1.82) is 0 Å². The summed E-state index contributed by atoms with van der Waals surface area (Å²) in [5.41, 5.74) is 2.09. The van der Waals surface area contributed by atoms with Gasteiger partial charge < -0.3 is 20.3 Å². The van der Waals surface area contributed by atoms with Gasteiger partial charge in [-0.1, -0.05) is 12.1 Å². The minimum atomic E-state index is -0.254. The summed E-state index contributed by atoms with van der Waals surface area (Å²) in [6, 6.07) is 9.95. The Morgan fingerprint density at radius 3 is 3.00 bits per heavy atom. The lowest BCUT2D eigenvalue weighted by Crippen LogP contribution is -2.22. The summed E-state index contributed by atoms with van der Waals surface area (Å²) in [7, 11) is 0. The van der Waals surface area contributed by atoms with Gasteiger partial charge in [-0.2, -0.15) is 4.98 Å². The molecule has 0 aliphatic carbocycles. The van der Waals surface area contributed by atoms with Crippen LogP contribution >= 0.6 is 0 Å². The van der Waals surface area contributed by atoms with E-state index in [1.54, 1.807) is 6.20 Å². The first kappa shape index (κ1) is 15.8. The number of nitrogens with zero attached hydrogens (tertiary/aromatic N) is 4. The van der Waals surface area contributed by atoms with Gasteiger partial charge in [-0.3, -0.25) is 0 Å². The van der Waals surface area contributed by atoms with E-state index in [-0.39, 0.29) is 6.10 Å². The summed E-state index contributed by atoms with van der Waals surface area (Å²) in [5.74, 6) is 2.50. The van der Waals surface area contributed by atoms with Crippen LogP contribution in [0.2, 0.25) is 0 Å². The highest BCUT2D eigenvalue weighted by Gasteiger charge is 2.21. The predicted molar refractivity (Wildman–Crippen MR) is 97.8 cm³/mol. The van der Waals surface area contributed by atoms with Crippen LogP contribution in [0.4, 0.5) is 11.8 Å². The number of aromatic amines is 1. The monoisotopic (exact) mass is 338 g/mol. The lowest BCUT2D eigenvalue weighted by Gasteiger charge is -2.16. The molecule has 0 spiro atoms. The van der Waals surface area contributed by atoms with Gasteiger partial charge in [0.2, 0.25) is 5.95 Å². The standard InChI is InChI=1S/C18H22N6O/c25-13-8-11-24(12-13)17-7-10-20-18(23-17)19-9-3-6-16-21-14-4-1-2-5-15(14)22-16/h1-2,4-5,7,10,13,25H,3,6,8-9,11-12H2,(H,21,22)(H,19,20,23). The van der Waals surface area contributed by atoms with Gasteiger partial charge in [0.1, 0.15) is 11.6 Å². The molecule has 3 aromatic rings. The Balaban J connectivity index is 1.29. The van der Waals surface area contributed by atoms with Crippen LogP contribution in [0.3, 0.4) is 0 Å². The highest BCUT2D eigenvalue weighted by atomic mass is 16.3. The Bertz CT molecular complexity index is 815.